The van der Waals surface area contributed by atoms with E-state index in [1.54, 1.807) is 12.1 Å². The number of fused-ring (bicyclic) bond motifs is 1. The second kappa shape index (κ2) is 8.02. The third-order valence-electron chi connectivity index (χ3n) is 6.25. The van der Waals surface area contributed by atoms with Crippen molar-refractivity contribution in [3.8, 4) is 5.75 Å². The molecule has 1 aromatic carbocycles. The maximum Gasteiger partial charge on any atom is 0.266 e. The van der Waals surface area contributed by atoms with Gasteiger partial charge in [0.1, 0.15) is 5.75 Å². The molecule has 156 valence electrons. The lowest BCUT2D eigenvalue weighted by Crippen LogP contribution is -2.51. The van der Waals surface area contributed by atoms with Crippen molar-refractivity contribution in [1.82, 2.24) is 14.7 Å². The Morgan fingerprint density at radius 3 is 2.59 bits per heavy atom. The van der Waals surface area contributed by atoms with E-state index in [9.17, 15) is 4.79 Å². The SMILES string of the molecule is Cn1nc(CN(C(=O)C(C)(C)Oc2ccc(Cl)cc2)C2CCCC2)c2c1CCC2. The minimum Gasteiger partial charge on any atom is -0.478 e. The van der Waals surface area contributed by atoms with Crippen LogP contribution in [0.3, 0.4) is 0 Å². The van der Waals surface area contributed by atoms with Gasteiger partial charge in [0.25, 0.3) is 5.91 Å². The van der Waals surface area contributed by atoms with E-state index in [-0.39, 0.29) is 11.9 Å². The summed E-state index contributed by atoms with van der Waals surface area (Å²) in [5.41, 5.74) is 2.77. The van der Waals surface area contributed by atoms with Crippen LogP contribution in [0.2, 0.25) is 5.02 Å². The average Bonchev–Trinajstić information content (AvgIpc) is 3.41. The Balaban J connectivity index is 1.58. The summed E-state index contributed by atoms with van der Waals surface area (Å²) in [5.74, 6) is 0.676. The molecule has 0 saturated heterocycles. The van der Waals surface area contributed by atoms with Crippen molar-refractivity contribution in [3.63, 3.8) is 0 Å². The molecule has 4 rings (SSSR count). The van der Waals surface area contributed by atoms with Gasteiger partial charge in [0.2, 0.25) is 0 Å². The molecule has 2 aliphatic carbocycles. The molecule has 1 aromatic heterocycles. The molecule has 0 bridgehead atoms. The molecule has 0 spiro atoms. The predicted octanol–water partition coefficient (Wildman–Crippen LogP) is 4.69. The van der Waals surface area contributed by atoms with E-state index in [0.717, 1.165) is 31.4 Å². The van der Waals surface area contributed by atoms with E-state index in [1.807, 2.05) is 42.6 Å². The number of amides is 1. The lowest BCUT2D eigenvalue weighted by molar-refractivity contribution is -0.148. The van der Waals surface area contributed by atoms with Gasteiger partial charge in [-0.1, -0.05) is 24.4 Å². The van der Waals surface area contributed by atoms with E-state index in [4.69, 9.17) is 21.4 Å². The molecule has 5 nitrogen and oxygen atoms in total. The summed E-state index contributed by atoms with van der Waals surface area (Å²) in [7, 11) is 2.02. The lowest BCUT2D eigenvalue weighted by Gasteiger charge is -2.36. The molecule has 1 amide bonds. The van der Waals surface area contributed by atoms with Crippen molar-refractivity contribution in [2.45, 2.75) is 77.0 Å². The summed E-state index contributed by atoms with van der Waals surface area (Å²) in [6, 6.07) is 7.44. The van der Waals surface area contributed by atoms with E-state index in [2.05, 4.69) is 0 Å². The summed E-state index contributed by atoms with van der Waals surface area (Å²) >= 11 is 5.98. The molecule has 1 heterocycles. The zero-order valence-corrected chi connectivity index (χ0v) is 18.3. The van der Waals surface area contributed by atoms with Crippen molar-refractivity contribution in [1.29, 1.82) is 0 Å². The Morgan fingerprint density at radius 2 is 1.90 bits per heavy atom. The van der Waals surface area contributed by atoms with Crippen LogP contribution in [-0.4, -0.2) is 32.2 Å². The maximum atomic E-state index is 13.7. The number of carbonyl (C=O) groups excluding carboxylic acids is 1. The van der Waals surface area contributed by atoms with Gasteiger partial charge in [-0.2, -0.15) is 5.10 Å². The molecular weight excluding hydrogens is 386 g/mol. The van der Waals surface area contributed by atoms with Crippen LogP contribution in [0, 0.1) is 0 Å². The number of rotatable bonds is 6. The van der Waals surface area contributed by atoms with Gasteiger partial charge in [0.15, 0.2) is 5.60 Å². The van der Waals surface area contributed by atoms with Gasteiger partial charge in [-0.05, 0) is 75.8 Å². The Kier molecular flexibility index (Phi) is 5.60. The third-order valence-corrected chi connectivity index (χ3v) is 6.50. The quantitative estimate of drug-likeness (QED) is 0.687. The molecule has 0 N–H and O–H groups in total. The largest absolute Gasteiger partial charge is 0.478 e. The van der Waals surface area contributed by atoms with Gasteiger partial charge in [-0.25, -0.2) is 0 Å². The maximum absolute atomic E-state index is 13.7. The molecule has 0 atom stereocenters. The highest BCUT2D eigenvalue weighted by atomic mass is 35.5. The Labute approximate surface area is 178 Å². The smallest absolute Gasteiger partial charge is 0.266 e. The first-order chi connectivity index (χ1) is 13.8. The van der Waals surface area contributed by atoms with E-state index in [1.165, 1.54) is 30.5 Å². The average molecular weight is 416 g/mol. The number of carbonyl (C=O) groups is 1. The van der Waals surface area contributed by atoms with Crippen molar-refractivity contribution >= 4 is 17.5 Å². The first kappa shape index (κ1) is 20.3. The van der Waals surface area contributed by atoms with Crippen LogP contribution in [0.1, 0.15) is 62.9 Å². The summed E-state index contributed by atoms with van der Waals surface area (Å²) in [6.07, 6.45) is 7.78. The highest BCUT2D eigenvalue weighted by molar-refractivity contribution is 6.30. The van der Waals surface area contributed by atoms with Gasteiger partial charge in [-0.3, -0.25) is 9.48 Å². The molecule has 0 aliphatic heterocycles. The molecule has 2 aromatic rings. The molecule has 29 heavy (non-hydrogen) atoms. The number of hydrogen-bond acceptors (Lipinski definition) is 3. The number of halogens is 1. The number of benzene rings is 1. The first-order valence-electron chi connectivity index (χ1n) is 10.6. The normalized spacial score (nSPS) is 16.8. The van der Waals surface area contributed by atoms with Crippen molar-refractivity contribution in [2.24, 2.45) is 7.05 Å². The van der Waals surface area contributed by atoms with Crippen molar-refractivity contribution < 1.29 is 9.53 Å². The summed E-state index contributed by atoms with van der Waals surface area (Å²) < 4.78 is 8.12. The highest BCUT2D eigenvalue weighted by Gasteiger charge is 2.39. The Hall–Kier alpha value is -2.01. The Morgan fingerprint density at radius 1 is 1.21 bits per heavy atom. The molecule has 0 radical (unpaired) electrons. The number of nitrogens with zero attached hydrogens (tertiary/aromatic N) is 3. The van der Waals surface area contributed by atoms with Crippen LogP contribution in [0.15, 0.2) is 24.3 Å². The van der Waals surface area contributed by atoms with Crippen LogP contribution in [0.4, 0.5) is 0 Å². The summed E-state index contributed by atoms with van der Waals surface area (Å²) in [6.45, 7) is 4.28. The van der Waals surface area contributed by atoms with Crippen molar-refractivity contribution in [2.75, 3.05) is 0 Å². The number of aromatic nitrogens is 2. The second-order valence-corrected chi connectivity index (χ2v) is 9.22. The van der Waals surface area contributed by atoms with E-state index < -0.39 is 5.60 Å². The van der Waals surface area contributed by atoms with Gasteiger partial charge in [-0.15, -0.1) is 0 Å². The first-order valence-corrected chi connectivity index (χ1v) is 11.0. The zero-order valence-electron chi connectivity index (χ0n) is 17.6. The van der Waals surface area contributed by atoms with Crippen molar-refractivity contribution in [3.05, 3.63) is 46.2 Å². The highest BCUT2D eigenvalue weighted by Crippen LogP contribution is 2.32. The summed E-state index contributed by atoms with van der Waals surface area (Å²) in [4.78, 5) is 15.7. The van der Waals surface area contributed by atoms with Gasteiger partial charge in [0.05, 0.1) is 12.2 Å². The van der Waals surface area contributed by atoms with Crippen LogP contribution in [-0.2, 0) is 31.2 Å². The number of ether oxygens (including phenoxy) is 1. The van der Waals surface area contributed by atoms with E-state index in [0.29, 0.717) is 17.3 Å². The molecule has 1 fully saturated rings. The minimum atomic E-state index is -0.964. The minimum absolute atomic E-state index is 0.0248. The molecular formula is C23H30ClN3O2. The fourth-order valence-electron chi connectivity index (χ4n) is 4.76. The van der Waals surface area contributed by atoms with Gasteiger partial charge >= 0.3 is 0 Å². The number of aryl methyl sites for hydroxylation is 1. The lowest BCUT2D eigenvalue weighted by atomic mass is 10.0. The van der Waals surface area contributed by atoms with Crippen LogP contribution in [0.5, 0.6) is 5.75 Å². The molecule has 6 heteroatoms. The monoisotopic (exact) mass is 415 g/mol. The molecule has 0 unspecified atom stereocenters. The fourth-order valence-corrected chi connectivity index (χ4v) is 4.88. The van der Waals surface area contributed by atoms with Crippen LogP contribution in [0.25, 0.3) is 0 Å². The summed E-state index contributed by atoms with van der Waals surface area (Å²) in [5, 5.41) is 5.42. The molecule has 1 saturated carbocycles. The van der Waals surface area contributed by atoms with E-state index >= 15 is 0 Å². The third kappa shape index (κ3) is 4.16. The zero-order chi connectivity index (χ0) is 20.6. The number of hydrogen-bond donors (Lipinski definition) is 0. The van der Waals surface area contributed by atoms with Crippen LogP contribution < -0.4 is 4.74 Å². The standard InChI is InChI=1S/C23H30ClN3O2/c1-23(2,29-18-13-11-16(24)12-14-18)22(28)27(17-7-4-5-8-17)15-20-19-9-6-10-21(19)26(3)25-20/h11-14,17H,4-10,15H2,1-3H3. The Bertz CT molecular complexity index is 882. The molecule has 2 aliphatic rings. The van der Waals surface area contributed by atoms with Crippen LogP contribution >= 0.6 is 11.6 Å². The fraction of sp³-hybridized carbons (Fsp3) is 0.565. The van der Waals surface area contributed by atoms with Gasteiger partial charge in [0, 0.05) is 23.8 Å². The second-order valence-electron chi connectivity index (χ2n) is 8.79. The topological polar surface area (TPSA) is 47.4 Å². The van der Waals surface area contributed by atoms with Gasteiger partial charge < -0.3 is 9.64 Å². The predicted molar refractivity (Wildman–Crippen MR) is 114 cm³/mol.